The van der Waals surface area contributed by atoms with Crippen LogP contribution in [0.5, 0.6) is 5.88 Å². The summed E-state index contributed by atoms with van der Waals surface area (Å²) >= 11 is 0. The molecule has 0 saturated heterocycles. The maximum absolute atomic E-state index is 5.26. The lowest BCUT2D eigenvalue weighted by molar-refractivity contribution is 0.325. The van der Waals surface area contributed by atoms with E-state index in [4.69, 9.17) is 4.74 Å². The molecule has 0 saturated carbocycles. The summed E-state index contributed by atoms with van der Waals surface area (Å²) in [5.41, 5.74) is 0. The zero-order valence-electron chi connectivity index (χ0n) is 9.58. The highest BCUT2D eigenvalue weighted by Gasteiger charge is 1.98. The van der Waals surface area contributed by atoms with Crippen LogP contribution in [0, 0.1) is 0 Å². The molecule has 0 unspecified atom stereocenters. The number of hydrogen-bond acceptors (Lipinski definition) is 6. The predicted molar refractivity (Wildman–Crippen MR) is 61.7 cm³/mol. The first-order chi connectivity index (χ1) is 8.38. The van der Waals surface area contributed by atoms with E-state index in [9.17, 15) is 0 Å². The Bertz CT molecular complexity index is 444. The molecule has 2 aromatic rings. The number of nitrogens with one attached hydrogen (secondary N) is 1. The van der Waals surface area contributed by atoms with Crippen molar-refractivity contribution in [3.8, 4) is 5.88 Å². The van der Waals surface area contributed by atoms with Crippen molar-refractivity contribution in [3.05, 3.63) is 24.8 Å². The van der Waals surface area contributed by atoms with Gasteiger partial charge < -0.3 is 10.1 Å². The number of aromatic nitrogens is 5. The Morgan fingerprint density at radius 1 is 1.41 bits per heavy atom. The van der Waals surface area contributed by atoms with Crippen molar-refractivity contribution in [1.29, 1.82) is 0 Å². The molecule has 90 valence electrons. The van der Waals surface area contributed by atoms with Crippen molar-refractivity contribution in [2.24, 2.45) is 0 Å². The maximum Gasteiger partial charge on any atom is 0.234 e. The van der Waals surface area contributed by atoms with Crippen molar-refractivity contribution in [2.45, 2.75) is 13.5 Å². The van der Waals surface area contributed by atoms with Gasteiger partial charge in [-0.1, -0.05) is 5.21 Å². The van der Waals surface area contributed by atoms with Gasteiger partial charge in [-0.2, -0.15) is 4.98 Å². The van der Waals surface area contributed by atoms with Gasteiger partial charge in [0.1, 0.15) is 5.82 Å². The summed E-state index contributed by atoms with van der Waals surface area (Å²) < 4.78 is 7.00. The van der Waals surface area contributed by atoms with E-state index in [2.05, 4.69) is 25.6 Å². The van der Waals surface area contributed by atoms with E-state index in [0.29, 0.717) is 24.8 Å². The molecular formula is C10H14N6O. The number of rotatable bonds is 6. The molecule has 0 bridgehead atoms. The molecule has 2 aromatic heterocycles. The van der Waals surface area contributed by atoms with E-state index < -0.39 is 0 Å². The smallest absolute Gasteiger partial charge is 0.234 e. The highest BCUT2D eigenvalue weighted by atomic mass is 16.5. The lowest BCUT2D eigenvalue weighted by Crippen LogP contribution is -2.12. The molecule has 7 nitrogen and oxygen atoms in total. The molecule has 2 heterocycles. The van der Waals surface area contributed by atoms with Gasteiger partial charge in [0, 0.05) is 12.7 Å². The average Bonchev–Trinajstić information content (AvgIpc) is 2.83. The molecule has 7 heteroatoms. The van der Waals surface area contributed by atoms with Crippen molar-refractivity contribution >= 4 is 5.82 Å². The van der Waals surface area contributed by atoms with Crippen LogP contribution in [-0.4, -0.2) is 38.1 Å². The summed E-state index contributed by atoms with van der Waals surface area (Å²) in [6.45, 7) is 3.91. The van der Waals surface area contributed by atoms with E-state index in [1.165, 1.54) is 0 Å². The van der Waals surface area contributed by atoms with Gasteiger partial charge in [-0.25, -0.2) is 0 Å². The number of anilines is 1. The molecule has 0 spiro atoms. The van der Waals surface area contributed by atoms with E-state index in [1.54, 1.807) is 23.3 Å². The second-order valence-electron chi connectivity index (χ2n) is 3.27. The highest BCUT2D eigenvalue weighted by Crippen LogP contribution is 2.08. The van der Waals surface area contributed by atoms with Crippen LogP contribution in [0.25, 0.3) is 0 Å². The Kier molecular flexibility index (Phi) is 3.85. The van der Waals surface area contributed by atoms with E-state index in [1.807, 2.05) is 13.1 Å². The summed E-state index contributed by atoms with van der Waals surface area (Å²) in [7, 11) is 0. The zero-order chi connectivity index (χ0) is 11.9. The predicted octanol–water partition coefficient (Wildman–Crippen LogP) is 0.579. The fourth-order valence-electron chi connectivity index (χ4n) is 1.30. The molecular weight excluding hydrogens is 220 g/mol. The van der Waals surface area contributed by atoms with E-state index in [0.717, 1.165) is 6.54 Å². The number of nitrogens with zero attached hydrogens (tertiary/aromatic N) is 5. The van der Waals surface area contributed by atoms with Gasteiger partial charge >= 0.3 is 0 Å². The Morgan fingerprint density at radius 3 is 3.12 bits per heavy atom. The quantitative estimate of drug-likeness (QED) is 0.787. The summed E-state index contributed by atoms with van der Waals surface area (Å²) in [5, 5.41) is 10.7. The third-order valence-corrected chi connectivity index (χ3v) is 2.02. The van der Waals surface area contributed by atoms with Crippen molar-refractivity contribution in [1.82, 2.24) is 25.0 Å². The lowest BCUT2D eigenvalue weighted by Gasteiger charge is -2.06. The van der Waals surface area contributed by atoms with Crippen molar-refractivity contribution in [3.63, 3.8) is 0 Å². The summed E-state index contributed by atoms with van der Waals surface area (Å²) in [6, 6.07) is 0. The fraction of sp³-hybridized carbons (Fsp3) is 0.400. The van der Waals surface area contributed by atoms with Crippen LogP contribution in [-0.2, 0) is 6.54 Å². The average molecular weight is 234 g/mol. The molecule has 0 amide bonds. The van der Waals surface area contributed by atoms with Crippen LogP contribution >= 0.6 is 0 Å². The van der Waals surface area contributed by atoms with Crippen LogP contribution < -0.4 is 10.1 Å². The minimum absolute atomic E-state index is 0.526. The third kappa shape index (κ3) is 3.40. The second kappa shape index (κ2) is 5.78. The zero-order valence-corrected chi connectivity index (χ0v) is 9.58. The Balaban J connectivity index is 1.84. The minimum Gasteiger partial charge on any atom is -0.477 e. The Labute approximate surface area is 98.8 Å². The monoisotopic (exact) mass is 234 g/mol. The molecule has 0 radical (unpaired) electrons. The molecule has 17 heavy (non-hydrogen) atoms. The lowest BCUT2D eigenvalue weighted by atomic mass is 10.5. The number of hydrogen-bond donors (Lipinski definition) is 1. The second-order valence-corrected chi connectivity index (χ2v) is 3.27. The van der Waals surface area contributed by atoms with Gasteiger partial charge in [-0.15, -0.1) is 5.10 Å². The van der Waals surface area contributed by atoms with Crippen LogP contribution in [0.1, 0.15) is 6.92 Å². The summed E-state index contributed by atoms with van der Waals surface area (Å²) in [4.78, 5) is 8.27. The SMILES string of the molecule is CCOc1cncc(NCCn2ccnn2)n1. The van der Waals surface area contributed by atoms with Gasteiger partial charge in [0.15, 0.2) is 0 Å². The van der Waals surface area contributed by atoms with Crippen LogP contribution in [0.15, 0.2) is 24.8 Å². The molecule has 0 fully saturated rings. The Hall–Kier alpha value is -2.18. The Morgan fingerprint density at radius 2 is 2.35 bits per heavy atom. The van der Waals surface area contributed by atoms with Crippen LogP contribution in [0.3, 0.4) is 0 Å². The first-order valence-corrected chi connectivity index (χ1v) is 5.41. The molecule has 1 N–H and O–H groups in total. The first kappa shape index (κ1) is 11.3. The van der Waals surface area contributed by atoms with Gasteiger partial charge in [0.05, 0.1) is 31.7 Å². The summed E-state index contributed by atoms with van der Waals surface area (Å²) in [6.07, 6.45) is 6.70. The van der Waals surface area contributed by atoms with E-state index >= 15 is 0 Å². The standard InChI is InChI=1S/C10H14N6O/c1-2-17-10-8-11-7-9(14-10)12-3-5-16-6-4-13-15-16/h4,6-8H,2-3,5H2,1H3,(H,12,14). The maximum atomic E-state index is 5.26. The molecule has 0 aromatic carbocycles. The van der Waals surface area contributed by atoms with E-state index in [-0.39, 0.29) is 0 Å². The van der Waals surface area contributed by atoms with Gasteiger partial charge in [0.2, 0.25) is 5.88 Å². The largest absolute Gasteiger partial charge is 0.477 e. The first-order valence-electron chi connectivity index (χ1n) is 5.41. The normalized spacial score (nSPS) is 10.2. The minimum atomic E-state index is 0.526. The fourth-order valence-corrected chi connectivity index (χ4v) is 1.30. The van der Waals surface area contributed by atoms with Crippen LogP contribution in [0.2, 0.25) is 0 Å². The molecule has 2 rings (SSSR count). The molecule has 0 atom stereocenters. The van der Waals surface area contributed by atoms with Gasteiger partial charge in [0.25, 0.3) is 0 Å². The van der Waals surface area contributed by atoms with Gasteiger partial charge in [-0.3, -0.25) is 9.67 Å². The van der Waals surface area contributed by atoms with Crippen LogP contribution in [0.4, 0.5) is 5.82 Å². The topological polar surface area (TPSA) is 77.8 Å². The van der Waals surface area contributed by atoms with Crippen molar-refractivity contribution in [2.75, 3.05) is 18.5 Å². The van der Waals surface area contributed by atoms with Crippen molar-refractivity contribution < 1.29 is 4.74 Å². The molecule has 0 aliphatic heterocycles. The van der Waals surface area contributed by atoms with Gasteiger partial charge in [-0.05, 0) is 6.92 Å². The molecule has 0 aliphatic rings. The molecule has 0 aliphatic carbocycles. The number of ether oxygens (including phenoxy) is 1. The summed E-state index contributed by atoms with van der Waals surface area (Å²) in [5.74, 6) is 1.22. The highest BCUT2D eigenvalue weighted by molar-refractivity contribution is 5.32. The third-order valence-electron chi connectivity index (χ3n) is 2.02.